The van der Waals surface area contributed by atoms with Gasteiger partial charge in [0.15, 0.2) is 5.82 Å². The van der Waals surface area contributed by atoms with Gasteiger partial charge in [-0.15, -0.1) is 0 Å². The van der Waals surface area contributed by atoms with Crippen LogP contribution in [0.15, 0.2) is 36.4 Å². The maximum absolute atomic E-state index is 15.2. The molecule has 2 aromatic carbocycles. The maximum Gasteiger partial charge on any atom is 0.407 e. The lowest BCUT2D eigenvalue weighted by Gasteiger charge is -2.35. The number of ether oxygens (including phenoxy) is 1. The minimum absolute atomic E-state index is 0.00665. The van der Waals surface area contributed by atoms with Crippen molar-refractivity contribution in [3.05, 3.63) is 64.7 Å². The van der Waals surface area contributed by atoms with Crippen molar-refractivity contribution < 1.29 is 27.9 Å². The molecule has 47 heavy (non-hydrogen) atoms. The zero-order valence-electron chi connectivity index (χ0n) is 27.0. The molecular weight excluding hydrogens is 608 g/mol. The molecule has 3 aliphatic rings. The van der Waals surface area contributed by atoms with E-state index in [0.717, 1.165) is 35.4 Å². The molecule has 1 saturated heterocycles. The van der Waals surface area contributed by atoms with E-state index in [-0.39, 0.29) is 30.3 Å². The summed E-state index contributed by atoms with van der Waals surface area (Å²) in [5.74, 6) is -1.25. The highest BCUT2D eigenvalue weighted by atomic mass is 19.1. The highest BCUT2D eigenvalue weighted by molar-refractivity contribution is 6.02. The minimum atomic E-state index is -0.924. The number of amides is 4. The van der Waals surface area contributed by atoms with E-state index in [2.05, 4.69) is 16.0 Å². The normalized spacial score (nSPS) is 16.8. The van der Waals surface area contributed by atoms with E-state index in [4.69, 9.17) is 14.7 Å². The standard InChI is InChI=1S/C34H39F2N7O4/c1-19-8-11-21(30(44)37-17-20-9-10-20)16-23(19)27-24-18-38-32(45)43(28-25(35)6-5-7-26(28)36)29(24)40-31(39-27)42-14-12-22(13-15-42)47-33(46)41-34(2,3)4/h5-8,11,16,20,22H,9-10,12-15,17-18H2,1-4H3,(H,37,44)(H,38,45)(H,41,46). The number of anilines is 3. The molecule has 3 aromatic rings. The van der Waals surface area contributed by atoms with E-state index in [1.165, 1.54) is 6.07 Å². The molecule has 0 unspecified atom stereocenters. The Labute approximate surface area is 272 Å². The average Bonchev–Trinajstić information content (AvgIpc) is 3.85. The molecule has 1 aliphatic carbocycles. The van der Waals surface area contributed by atoms with Crippen LogP contribution in [0.1, 0.15) is 67.9 Å². The van der Waals surface area contributed by atoms with Crippen LogP contribution in [0.5, 0.6) is 0 Å². The van der Waals surface area contributed by atoms with Gasteiger partial charge in [0.25, 0.3) is 5.91 Å². The number of halogens is 2. The van der Waals surface area contributed by atoms with E-state index in [0.29, 0.717) is 60.8 Å². The zero-order chi connectivity index (χ0) is 33.5. The Hall–Kier alpha value is -4.81. The molecule has 11 nitrogen and oxygen atoms in total. The summed E-state index contributed by atoms with van der Waals surface area (Å²) in [5.41, 5.74) is 1.79. The zero-order valence-corrected chi connectivity index (χ0v) is 27.0. The van der Waals surface area contributed by atoms with E-state index >= 15 is 8.78 Å². The first kappa shape index (κ1) is 32.1. The molecule has 0 bridgehead atoms. The Morgan fingerprint density at radius 1 is 1.04 bits per heavy atom. The summed E-state index contributed by atoms with van der Waals surface area (Å²) in [4.78, 5) is 51.2. The number of aromatic nitrogens is 2. The van der Waals surface area contributed by atoms with Crippen LogP contribution in [0.3, 0.4) is 0 Å². The van der Waals surface area contributed by atoms with Crippen LogP contribution in [0.25, 0.3) is 11.3 Å². The molecule has 2 aliphatic heterocycles. The highest BCUT2D eigenvalue weighted by Crippen LogP contribution is 2.40. The first-order chi connectivity index (χ1) is 22.4. The van der Waals surface area contributed by atoms with Crippen LogP contribution < -0.4 is 25.8 Å². The number of aryl methyl sites for hydroxylation is 1. The number of piperidine rings is 1. The number of nitrogens with one attached hydrogen (secondary N) is 3. The van der Waals surface area contributed by atoms with Crippen LogP contribution in [0.2, 0.25) is 0 Å². The summed E-state index contributed by atoms with van der Waals surface area (Å²) in [7, 11) is 0. The number of alkyl carbamates (subject to hydrolysis) is 1. The number of nitrogens with zero attached hydrogens (tertiary/aromatic N) is 4. The van der Waals surface area contributed by atoms with Gasteiger partial charge in [0.2, 0.25) is 5.95 Å². The monoisotopic (exact) mass is 647 g/mol. The molecule has 2 fully saturated rings. The number of urea groups is 1. The molecule has 4 amide bonds. The fraction of sp³-hybridized carbons (Fsp3) is 0.441. The third-order valence-corrected chi connectivity index (χ3v) is 8.44. The van der Waals surface area contributed by atoms with Crippen molar-refractivity contribution >= 4 is 35.5 Å². The van der Waals surface area contributed by atoms with Gasteiger partial charge in [-0.25, -0.2) is 28.3 Å². The Bertz CT molecular complexity index is 1690. The largest absolute Gasteiger partial charge is 0.446 e. The summed E-state index contributed by atoms with van der Waals surface area (Å²) in [5, 5.41) is 8.51. The molecular formula is C34H39F2N7O4. The molecule has 1 aromatic heterocycles. The second kappa shape index (κ2) is 12.8. The van der Waals surface area contributed by atoms with Crippen LogP contribution in [-0.2, 0) is 11.3 Å². The number of para-hydroxylation sites is 1. The van der Waals surface area contributed by atoms with Gasteiger partial charge in [0.05, 0.1) is 12.2 Å². The van der Waals surface area contributed by atoms with E-state index in [1.807, 2.05) is 38.7 Å². The van der Waals surface area contributed by atoms with E-state index in [1.54, 1.807) is 12.1 Å². The molecule has 1 saturated carbocycles. The lowest BCUT2D eigenvalue weighted by molar-refractivity contribution is 0.0775. The van der Waals surface area contributed by atoms with Crippen LogP contribution in [0, 0.1) is 24.5 Å². The van der Waals surface area contributed by atoms with Crippen molar-refractivity contribution in [1.82, 2.24) is 25.9 Å². The van der Waals surface area contributed by atoms with Gasteiger partial charge in [-0.3, -0.25) is 4.79 Å². The van der Waals surface area contributed by atoms with Crippen molar-refractivity contribution in [2.45, 2.75) is 71.6 Å². The van der Waals surface area contributed by atoms with Crippen LogP contribution in [-0.4, -0.2) is 59.3 Å². The van der Waals surface area contributed by atoms with Gasteiger partial charge in [-0.05, 0) is 76.3 Å². The van der Waals surface area contributed by atoms with Gasteiger partial charge < -0.3 is 25.6 Å². The van der Waals surface area contributed by atoms with Crippen molar-refractivity contribution in [3.63, 3.8) is 0 Å². The molecule has 3 heterocycles. The number of rotatable bonds is 7. The molecule has 0 radical (unpaired) electrons. The SMILES string of the molecule is Cc1ccc(C(=O)NCC2CC2)cc1-c1nc(N2CCC(OC(=O)NC(C)(C)C)CC2)nc2c1CNC(=O)N2c1c(F)cccc1F. The third-order valence-electron chi connectivity index (χ3n) is 8.44. The van der Waals surface area contributed by atoms with E-state index in [9.17, 15) is 14.4 Å². The molecule has 13 heteroatoms. The minimum Gasteiger partial charge on any atom is -0.446 e. The Morgan fingerprint density at radius 3 is 2.40 bits per heavy atom. The van der Waals surface area contributed by atoms with Gasteiger partial charge >= 0.3 is 12.1 Å². The first-order valence-electron chi connectivity index (χ1n) is 15.9. The topological polar surface area (TPSA) is 129 Å². The highest BCUT2D eigenvalue weighted by Gasteiger charge is 2.36. The quantitative estimate of drug-likeness (QED) is 0.299. The van der Waals surface area contributed by atoms with Crippen LogP contribution >= 0.6 is 0 Å². The van der Waals surface area contributed by atoms with Crippen LogP contribution in [0.4, 0.5) is 35.8 Å². The summed E-state index contributed by atoms with van der Waals surface area (Å²) < 4.78 is 36.0. The summed E-state index contributed by atoms with van der Waals surface area (Å²) in [6.07, 6.45) is 2.38. The molecule has 0 atom stereocenters. The number of hydrogen-bond acceptors (Lipinski definition) is 7. The Morgan fingerprint density at radius 2 is 1.74 bits per heavy atom. The second-order valence-electron chi connectivity index (χ2n) is 13.4. The molecule has 0 spiro atoms. The predicted octanol–water partition coefficient (Wildman–Crippen LogP) is 5.72. The number of carbonyl (C=O) groups is 3. The van der Waals surface area contributed by atoms with Gasteiger partial charge in [-0.2, -0.15) is 4.98 Å². The number of hydrogen-bond donors (Lipinski definition) is 3. The van der Waals surface area contributed by atoms with Crippen molar-refractivity contribution in [2.75, 3.05) is 29.4 Å². The maximum atomic E-state index is 15.2. The van der Waals surface area contributed by atoms with Crippen molar-refractivity contribution in [1.29, 1.82) is 0 Å². The van der Waals surface area contributed by atoms with Gasteiger partial charge in [0, 0.05) is 54.7 Å². The van der Waals surface area contributed by atoms with Crippen molar-refractivity contribution in [2.24, 2.45) is 5.92 Å². The Kier molecular flexibility index (Phi) is 8.73. The van der Waals surface area contributed by atoms with Crippen molar-refractivity contribution in [3.8, 4) is 11.3 Å². The number of fused-ring (bicyclic) bond motifs is 1. The fourth-order valence-corrected chi connectivity index (χ4v) is 5.76. The lowest BCUT2D eigenvalue weighted by Crippen LogP contribution is -2.45. The lowest BCUT2D eigenvalue weighted by atomic mass is 9.97. The van der Waals surface area contributed by atoms with Gasteiger partial charge in [0.1, 0.15) is 23.4 Å². The smallest absolute Gasteiger partial charge is 0.407 e. The summed E-state index contributed by atoms with van der Waals surface area (Å²) in [6, 6.07) is 7.98. The molecule has 248 valence electrons. The average molecular weight is 648 g/mol. The summed E-state index contributed by atoms with van der Waals surface area (Å²) in [6.45, 7) is 8.97. The Balaban J connectivity index is 1.39. The second-order valence-corrected chi connectivity index (χ2v) is 13.4. The van der Waals surface area contributed by atoms with Gasteiger partial charge in [-0.1, -0.05) is 12.1 Å². The fourth-order valence-electron chi connectivity index (χ4n) is 5.76. The first-order valence-corrected chi connectivity index (χ1v) is 15.9. The summed E-state index contributed by atoms with van der Waals surface area (Å²) >= 11 is 0. The molecule has 3 N–H and O–H groups in total. The van der Waals surface area contributed by atoms with E-state index < -0.39 is 35.0 Å². The third kappa shape index (κ3) is 7.13. The number of carbonyl (C=O) groups excluding carboxylic acids is 3. The number of benzene rings is 2. The predicted molar refractivity (Wildman–Crippen MR) is 173 cm³/mol. The molecule has 6 rings (SSSR count).